The predicted molar refractivity (Wildman–Crippen MR) is 97.0 cm³/mol. The molecule has 5 heteroatoms. The first-order chi connectivity index (χ1) is 12.2. The summed E-state index contributed by atoms with van der Waals surface area (Å²) in [6.07, 6.45) is 3.90. The average molecular weight is 338 g/mol. The van der Waals surface area contributed by atoms with E-state index < -0.39 is 0 Å². The van der Waals surface area contributed by atoms with Gasteiger partial charge in [0.25, 0.3) is 0 Å². The first-order valence-electron chi connectivity index (χ1n) is 9.50. The summed E-state index contributed by atoms with van der Waals surface area (Å²) in [5.41, 5.74) is 1.10. The fraction of sp³-hybridized carbons (Fsp3) is 0.550. The summed E-state index contributed by atoms with van der Waals surface area (Å²) in [5, 5.41) is 8.92. The van der Waals surface area contributed by atoms with E-state index in [0.717, 1.165) is 56.0 Å². The van der Waals surface area contributed by atoms with Crippen LogP contribution in [0.5, 0.6) is 0 Å². The van der Waals surface area contributed by atoms with Crippen LogP contribution in [0.1, 0.15) is 45.0 Å². The molecule has 0 unspecified atom stereocenters. The molecule has 0 aliphatic carbocycles. The maximum Gasteiger partial charge on any atom is 0.225 e. The van der Waals surface area contributed by atoms with E-state index in [0.29, 0.717) is 17.9 Å². The molecule has 3 heterocycles. The zero-order valence-corrected chi connectivity index (χ0v) is 15.1. The zero-order valence-electron chi connectivity index (χ0n) is 15.1. The number of fused-ring (bicyclic) bond motifs is 3. The smallest absolute Gasteiger partial charge is 0.225 e. The average Bonchev–Trinajstić information content (AvgIpc) is 3.27. The summed E-state index contributed by atoms with van der Waals surface area (Å²) in [6.45, 7) is 5.90. The van der Waals surface area contributed by atoms with Gasteiger partial charge in [-0.05, 0) is 25.2 Å². The normalized spacial score (nSPS) is 22.1. The number of benzene rings is 1. The molecule has 5 nitrogen and oxygen atoms in total. The Kier molecular flexibility index (Phi) is 4.32. The van der Waals surface area contributed by atoms with Crippen LogP contribution >= 0.6 is 0 Å². The Labute approximate surface area is 149 Å². The highest BCUT2D eigenvalue weighted by Gasteiger charge is 2.42. The standard InChI is InChI=1S/C20H26N4O/c1-3-14(4-2)20(25)23-12-16-10-11-18-21-22-19(24(18)17(16)13-23)15-8-6-5-7-9-15/h5-9,14,16-17H,3-4,10-13H2,1-2H3/t16-,17+/m1/s1. The van der Waals surface area contributed by atoms with E-state index in [2.05, 4.69) is 45.6 Å². The summed E-state index contributed by atoms with van der Waals surface area (Å²) in [4.78, 5) is 14.9. The maximum atomic E-state index is 12.8. The molecule has 1 amide bonds. The molecule has 2 atom stereocenters. The number of likely N-dealkylation sites (tertiary alicyclic amines) is 1. The third-order valence-electron chi connectivity index (χ3n) is 5.92. The molecule has 2 aromatic rings. The minimum absolute atomic E-state index is 0.161. The van der Waals surface area contributed by atoms with Crippen LogP contribution in [0, 0.1) is 11.8 Å². The fourth-order valence-electron chi connectivity index (χ4n) is 4.45. The molecule has 0 bridgehead atoms. The van der Waals surface area contributed by atoms with Gasteiger partial charge in [0.1, 0.15) is 5.82 Å². The third-order valence-corrected chi connectivity index (χ3v) is 5.92. The van der Waals surface area contributed by atoms with Gasteiger partial charge >= 0.3 is 0 Å². The van der Waals surface area contributed by atoms with Crippen molar-refractivity contribution in [1.29, 1.82) is 0 Å². The highest BCUT2D eigenvalue weighted by atomic mass is 16.2. The predicted octanol–water partition coefficient (Wildman–Crippen LogP) is 3.33. The van der Waals surface area contributed by atoms with Crippen LogP contribution in [0.25, 0.3) is 11.4 Å². The molecule has 1 saturated heterocycles. The van der Waals surface area contributed by atoms with Gasteiger partial charge in [-0.2, -0.15) is 0 Å². The van der Waals surface area contributed by atoms with Crippen LogP contribution in [0.2, 0.25) is 0 Å². The monoisotopic (exact) mass is 338 g/mol. The quantitative estimate of drug-likeness (QED) is 0.859. The van der Waals surface area contributed by atoms with Gasteiger partial charge in [-0.25, -0.2) is 0 Å². The van der Waals surface area contributed by atoms with E-state index in [1.807, 2.05) is 18.2 Å². The Hall–Kier alpha value is -2.17. The lowest BCUT2D eigenvalue weighted by Gasteiger charge is -2.27. The van der Waals surface area contributed by atoms with Crippen LogP contribution in [0.15, 0.2) is 30.3 Å². The van der Waals surface area contributed by atoms with Crippen molar-refractivity contribution in [2.45, 2.75) is 45.6 Å². The fourth-order valence-corrected chi connectivity index (χ4v) is 4.45. The molecule has 0 radical (unpaired) electrons. The van der Waals surface area contributed by atoms with Crippen molar-refractivity contribution in [3.8, 4) is 11.4 Å². The van der Waals surface area contributed by atoms with E-state index >= 15 is 0 Å². The topological polar surface area (TPSA) is 51.0 Å². The van der Waals surface area contributed by atoms with Crippen LogP contribution in [-0.2, 0) is 11.2 Å². The molecule has 25 heavy (non-hydrogen) atoms. The van der Waals surface area contributed by atoms with Gasteiger partial charge in [0.2, 0.25) is 5.91 Å². The first-order valence-corrected chi connectivity index (χ1v) is 9.50. The molecule has 1 aromatic heterocycles. The Bertz CT molecular complexity index is 750. The Morgan fingerprint density at radius 2 is 1.92 bits per heavy atom. The number of rotatable bonds is 4. The Balaban J connectivity index is 1.64. The summed E-state index contributed by atoms with van der Waals surface area (Å²) < 4.78 is 2.31. The highest BCUT2D eigenvalue weighted by molar-refractivity contribution is 5.79. The molecule has 132 valence electrons. The van der Waals surface area contributed by atoms with E-state index in [1.54, 1.807) is 0 Å². The second-order valence-electron chi connectivity index (χ2n) is 7.30. The van der Waals surface area contributed by atoms with Crippen molar-refractivity contribution in [1.82, 2.24) is 19.7 Å². The number of hydrogen-bond acceptors (Lipinski definition) is 3. The van der Waals surface area contributed by atoms with E-state index in [-0.39, 0.29) is 5.92 Å². The number of amides is 1. The van der Waals surface area contributed by atoms with Crippen LogP contribution in [-0.4, -0.2) is 38.7 Å². The molecule has 4 rings (SSSR count). The van der Waals surface area contributed by atoms with Crippen LogP contribution in [0.3, 0.4) is 0 Å². The number of carbonyl (C=O) groups excluding carboxylic acids is 1. The lowest BCUT2D eigenvalue weighted by atomic mass is 9.93. The molecular formula is C20H26N4O. The molecule has 2 aliphatic rings. The number of carbonyl (C=O) groups is 1. The van der Waals surface area contributed by atoms with Gasteiger partial charge in [-0.15, -0.1) is 10.2 Å². The molecule has 1 aromatic carbocycles. The van der Waals surface area contributed by atoms with Gasteiger partial charge in [-0.3, -0.25) is 4.79 Å². The Morgan fingerprint density at radius 1 is 1.16 bits per heavy atom. The SMILES string of the molecule is CCC(CC)C(=O)N1C[C@H]2CCc3nnc(-c4ccccc4)n3[C@H]2C1. The van der Waals surface area contributed by atoms with Crippen molar-refractivity contribution in [2.75, 3.05) is 13.1 Å². The molecule has 2 aliphatic heterocycles. The second kappa shape index (κ2) is 6.62. The number of nitrogens with zero attached hydrogens (tertiary/aromatic N) is 4. The van der Waals surface area contributed by atoms with Crippen LogP contribution in [0.4, 0.5) is 0 Å². The van der Waals surface area contributed by atoms with Gasteiger partial charge in [-0.1, -0.05) is 44.2 Å². The largest absolute Gasteiger partial charge is 0.340 e. The van der Waals surface area contributed by atoms with Gasteiger partial charge in [0, 0.05) is 31.0 Å². The molecule has 0 N–H and O–H groups in total. The maximum absolute atomic E-state index is 12.8. The number of aromatic nitrogens is 3. The van der Waals surface area contributed by atoms with Gasteiger partial charge < -0.3 is 9.47 Å². The lowest BCUT2D eigenvalue weighted by Crippen LogP contribution is -2.34. The van der Waals surface area contributed by atoms with Crippen LogP contribution < -0.4 is 0 Å². The van der Waals surface area contributed by atoms with E-state index in [4.69, 9.17) is 0 Å². The molecular weight excluding hydrogens is 312 g/mol. The molecule has 0 saturated carbocycles. The number of hydrogen-bond donors (Lipinski definition) is 0. The zero-order chi connectivity index (χ0) is 17.4. The van der Waals surface area contributed by atoms with Crippen molar-refractivity contribution < 1.29 is 4.79 Å². The lowest BCUT2D eigenvalue weighted by molar-refractivity contribution is -0.134. The molecule has 1 fully saturated rings. The Morgan fingerprint density at radius 3 is 2.64 bits per heavy atom. The summed E-state index contributed by atoms with van der Waals surface area (Å²) in [7, 11) is 0. The minimum Gasteiger partial charge on any atom is -0.340 e. The molecule has 0 spiro atoms. The van der Waals surface area contributed by atoms with E-state index in [1.165, 1.54) is 0 Å². The van der Waals surface area contributed by atoms with Crippen molar-refractivity contribution in [3.63, 3.8) is 0 Å². The van der Waals surface area contributed by atoms with Crippen molar-refractivity contribution in [2.24, 2.45) is 11.8 Å². The van der Waals surface area contributed by atoms with Gasteiger partial charge in [0.05, 0.1) is 6.04 Å². The second-order valence-corrected chi connectivity index (χ2v) is 7.30. The minimum atomic E-state index is 0.161. The van der Waals surface area contributed by atoms with Gasteiger partial charge in [0.15, 0.2) is 5.82 Å². The van der Waals surface area contributed by atoms with Crippen molar-refractivity contribution in [3.05, 3.63) is 36.2 Å². The first kappa shape index (κ1) is 16.3. The summed E-state index contributed by atoms with van der Waals surface area (Å²) >= 11 is 0. The summed E-state index contributed by atoms with van der Waals surface area (Å²) in [5.74, 6) is 3.02. The number of aryl methyl sites for hydroxylation is 1. The third kappa shape index (κ3) is 2.75. The van der Waals surface area contributed by atoms with Crippen molar-refractivity contribution >= 4 is 5.91 Å². The summed E-state index contributed by atoms with van der Waals surface area (Å²) in [6, 6.07) is 10.6. The van der Waals surface area contributed by atoms with E-state index in [9.17, 15) is 4.79 Å². The highest BCUT2D eigenvalue weighted by Crippen LogP contribution is 2.39.